The van der Waals surface area contributed by atoms with Gasteiger partial charge in [0.1, 0.15) is 0 Å². The molecule has 0 aliphatic carbocycles. The van der Waals surface area contributed by atoms with E-state index in [-0.39, 0.29) is 11.8 Å². The van der Waals surface area contributed by atoms with Gasteiger partial charge >= 0.3 is 0 Å². The van der Waals surface area contributed by atoms with Crippen molar-refractivity contribution in [2.75, 3.05) is 6.54 Å². The van der Waals surface area contributed by atoms with E-state index in [2.05, 4.69) is 60.5 Å². The van der Waals surface area contributed by atoms with E-state index >= 15 is 0 Å². The molecule has 0 saturated heterocycles. The van der Waals surface area contributed by atoms with Gasteiger partial charge in [-0.1, -0.05) is 55.0 Å². The molecule has 124 valence electrons. The quantitative estimate of drug-likeness (QED) is 0.689. The van der Waals surface area contributed by atoms with E-state index in [4.69, 9.17) is 0 Å². The van der Waals surface area contributed by atoms with Crippen molar-refractivity contribution in [2.24, 2.45) is 0 Å². The zero-order chi connectivity index (χ0) is 16.9. The molecule has 0 saturated carbocycles. The number of aromatic nitrogens is 1. The van der Waals surface area contributed by atoms with Crippen molar-refractivity contribution in [1.29, 1.82) is 0 Å². The number of carbonyl (C=O) groups is 1. The molecule has 3 heteroatoms. The van der Waals surface area contributed by atoms with Gasteiger partial charge in [-0.15, -0.1) is 0 Å². The van der Waals surface area contributed by atoms with Gasteiger partial charge in [0.25, 0.3) is 0 Å². The number of amides is 1. The molecule has 1 aromatic heterocycles. The number of nitrogens with one attached hydrogen (secondary N) is 2. The zero-order valence-electron chi connectivity index (χ0n) is 14.3. The fraction of sp³-hybridized carbons (Fsp3) is 0.286. The summed E-state index contributed by atoms with van der Waals surface area (Å²) in [4.78, 5) is 15.7. The molecule has 0 unspecified atom stereocenters. The summed E-state index contributed by atoms with van der Waals surface area (Å²) < 4.78 is 0. The Morgan fingerprint density at radius 2 is 1.88 bits per heavy atom. The van der Waals surface area contributed by atoms with Crippen molar-refractivity contribution in [1.82, 2.24) is 10.3 Å². The van der Waals surface area contributed by atoms with Crippen LogP contribution in [0.5, 0.6) is 0 Å². The number of benzene rings is 2. The lowest BCUT2D eigenvalue weighted by Gasteiger charge is -2.17. The van der Waals surface area contributed by atoms with Crippen LogP contribution in [0.1, 0.15) is 42.4 Å². The fourth-order valence-electron chi connectivity index (χ4n) is 3.11. The van der Waals surface area contributed by atoms with Crippen LogP contribution in [0.3, 0.4) is 0 Å². The molecule has 0 aliphatic rings. The van der Waals surface area contributed by atoms with Gasteiger partial charge in [-0.05, 0) is 30.5 Å². The topological polar surface area (TPSA) is 44.9 Å². The number of aromatic amines is 1. The first-order valence-corrected chi connectivity index (χ1v) is 8.58. The number of aryl methyl sites for hydroxylation is 1. The average molecular weight is 320 g/mol. The van der Waals surface area contributed by atoms with Crippen LogP contribution in [0.2, 0.25) is 0 Å². The highest BCUT2D eigenvalue weighted by Gasteiger charge is 2.21. The van der Waals surface area contributed by atoms with Crippen molar-refractivity contribution in [2.45, 2.75) is 32.6 Å². The Labute approximate surface area is 143 Å². The minimum Gasteiger partial charge on any atom is -0.361 e. The number of para-hydroxylation sites is 1. The highest BCUT2D eigenvalue weighted by atomic mass is 16.1. The lowest BCUT2D eigenvalue weighted by atomic mass is 9.87. The van der Waals surface area contributed by atoms with E-state index < -0.39 is 0 Å². The third kappa shape index (κ3) is 3.51. The molecule has 3 nitrogen and oxygen atoms in total. The Bertz CT molecular complexity index is 817. The van der Waals surface area contributed by atoms with E-state index in [1.165, 1.54) is 22.1 Å². The zero-order valence-corrected chi connectivity index (χ0v) is 14.3. The maximum absolute atomic E-state index is 12.4. The summed E-state index contributed by atoms with van der Waals surface area (Å²) in [6, 6.07) is 16.8. The highest BCUT2D eigenvalue weighted by molar-refractivity contribution is 5.86. The Balaban J connectivity index is 1.98. The summed E-state index contributed by atoms with van der Waals surface area (Å²) in [5.41, 5.74) is 4.70. The lowest BCUT2D eigenvalue weighted by Crippen LogP contribution is -2.26. The standard InChI is InChI=1S/C21H24N2O/c1-3-12-22-21(24)13-18(16-10-8-15(2)9-11-16)19-14-23-20-7-5-4-6-17(19)20/h4-11,14,18,23H,3,12-13H2,1-2H3,(H,22,24)/t18-/m0/s1. The fourth-order valence-corrected chi connectivity index (χ4v) is 3.11. The van der Waals surface area contributed by atoms with Crippen LogP contribution in [0.4, 0.5) is 0 Å². The molecule has 24 heavy (non-hydrogen) atoms. The number of rotatable bonds is 6. The van der Waals surface area contributed by atoms with Crippen molar-refractivity contribution in [3.8, 4) is 0 Å². The second-order valence-corrected chi connectivity index (χ2v) is 6.31. The number of fused-ring (bicyclic) bond motifs is 1. The summed E-state index contributed by atoms with van der Waals surface area (Å²) in [6.07, 6.45) is 3.46. The minimum absolute atomic E-state index is 0.0543. The molecule has 0 bridgehead atoms. The predicted molar refractivity (Wildman–Crippen MR) is 99.2 cm³/mol. The van der Waals surface area contributed by atoms with E-state index in [1.807, 2.05) is 18.3 Å². The second-order valence-electron chi connectivity index (χ2n) is 6.31. The van der Waals surface area contributed by atoms with Gasteiger partial charge in [0.2, 0.25) is 5.91 Å². The van der Waals surface area contributed by atoms with Crippen molar-refractivity contribution >= 4 is 16.8 Å². The monoisotopic (exact) mass is 320 g/mol. The van der Waals surface area contributed by atoms with Crippen molar-refractivity contribution < 1.29 is 4.79 Å². The molecule has 1 atom stereocenters. The molecule has 1 heterocycles. The van der Waals surface area contributed by atoms with Gasteiger partial charge in [0.05, 0.1) is 0 Å². The molecule has 0 aliphatic heterocycles. The summed E-state index contributed by atoms with van der Waals surface area (Å²) in [6.45, 7) is 4.88. The molecule has 0 spiro atoms. The Hall–Kier alpha value is -2.55. The maximum atomic E-state index is 12.4. The van der Waals surface area contributed by atoms with Crippen molar-refractivity contribution in [3.05, 3.63) is 71.4 Å². The summed E-state index contributed by atoms with van der Waals surface area (Å²) >= 11 is 0. The molecule has 2 N–H and O–H groups in total. The van der Waals surface area contributed by atoms with E-state index in [9.17, 15) is 4.79 Å². The SMILES string of the molecule is CCCNC(=O)C[C@@H](c1ccc(C)cc1)c1c[nH]c2ccccc12. The van der Waals surface area contributed by atoms with Crippen LogP contribution < -0.4 is 5.32 Å². The summed E-state index contributed by atoms with van der Waals surface area (Å²) in [7, 11) is 0. The maximum Gasteiger partial charge on any atom is 0.220 e. The van der Waals surface area contributed by atoms with E-state index in [0.29, 0.717) is 6.42 Å². The van der Waals surface area contributed by atoms with Crippen molar-refractivity contribution in [3.63, 3.8) is 0 Å². The van der Waals surface area contributed by atoms with Crippen LogP contribution in [-0.4, -0.2) is 17.4 Å². The first-order chi connectivity index (χ1) is 11.7. The number of hydrogen-bond acceptors (Lipinski definition) is 1. The number of H-pyrrole nitrogens is 1. The lowest BCUT2D eigenvalue weighted by molar-refractivity contribution is -0.121. The second kappa shape index (κ2) is 7.35. The summed E-state index contributed by atoms with van der Waals surface area (Å²) in [5.74, 6) is 0.159. The first-order valence-electron chi connectivity index (χ1n) is 8.58. The Kier molecular flexibility index (Phi) is 4.99. The van der Waals surface area contributed by atoms with Crippen LogP contribution in [0.15, 0.2) is 54.7 Å². The van der Waals surface area contributed by atoms with E-state index in [0.717, 1.165) is 18.5 Å². The van der Waals surface area contributed by atoms with Crippen LogP contribution >= 0.6 is 0 Å². The molecule has 3 rings (SSSR count). The third-order valence-electron chi connectivity index (χ3n) is 4.44. The smallest absolute Gasteiger partial charge is 0.220 e. The molecule has 2 aromatic carbocycles. The third-order valence-corrected chi connectivity index (χ3v) is 4.44. The van der Waals surface area contributed by atoms with Gasteiger partial charge in [0, 0.05) is 36.0 Å². The molecule has 3 aromatic rings. The first kappa shape index (κ1) is 16.3. The highest BCUT2D eigenvalue weighted by Crippen LogP contribution is 2.33. The molecule has 0 radical (unpaired) electrons. The molecule has 1 amide bonds. The summed E-state index contributed by atoms with van der Waals surface area (Å²) in [5, 5.41) is 4.19. The Morgan fingerprint density at radius 3 is 2.62 bits per heavy atom. The predicted octanol–water partition coefficient (Wildman–Crippen LogP) is 4.52. The van der Waals surface area contributed by atoms with Gasteiger partial charge in [-0.25, -0.2) is 0 Å². The van der Waals surface area contributed by atoms with Crippen LogP contribution in [-0.2, 0) is 4.79 Å². The average Bonchev–Trinajstić information content (AvgIpc) is 3.03. The Morgan fingerprint density at radius 1 is 1.12 bits per heavy atom. The van der Waals surface area contributed by atoms with Gasteiger partial charge in [-0.2, -0.15) is 0 Å². The molecular weight excluding hydrogens is 296 g/mol. The normalized spacial score (nSPS) is 12.2. The van der Waals surface area contributed by atoms with Crippen LogP contribution in [0.25, 0.3) is 10.9 Å². The van der Waals surface area contributed by atoms with Gasteiger partial charge in [-0.3, -0.25) is 4.79 Å². The minimum atomic E-state index is 0.0543. The van der Waals surface area contributed by atoms with E-state index in [1.54, 1.807) is 0 Å². The number of carbonyl (C=O) groups excluding carboxylic acids is 1. The van der Waals surface area contributed by atoms with Gasteiger partial charge in [0.15, 0.2) is 0 Å². The van der Waals surface area contributed by atoms with Gasteiger partial charge < -0.3 is 10.3 Å². The molecular formula is C21H24N2O. The number of hydrogen-bond donors (Lipinski definition) is 2. The largest absolute Gasteiger partial charge is 0.361 e. The molecule has 0 fully saturated rings. The van der Waals surface area contributed by atoms with Crippen LogP contribution in [0, 0.1) is 6.92 Å².